The quantitative estimate of drug-likeness (QED) is 0.186. The Morgan fingerprint density at radius 3 is 2.67 bits per heavy atom. The molecule has 18 heteroatoms. The molecule has 0 saturated carbocycles. The Kier molecular flexibility index (Phi) is 7.99. The second kappa shape index (κ2) is 10.2. The van der Waals surface area contributed by atoms with Gasteiger partial charge in [0.2, 0.25) is 0 Å². The lowest BCUT2D eigenvalue weighted by Crippen LogP contribution is -2.34. The Balaban J connectivity index is 1.74. The van der Waals surface area contributed by atoms with Crippen LogP contribution in [0.1, 0.15) is 13.2 Å². The zero-order chi connectivity index (χ0) is 24.4. The number of aromatic nitrogens is 4. The summed E-state index contributed by atoms with van der Waals surface area (Å²) in [6.07, 6.45) is -1.70. The molecule has 3 heterocycles. The molecule has 0 aromatic carbocycles. The monoisotopic (exact) mass is 508 g/mol. The van der Waals surface area contributed by atoms with E-state index >= 15 is 0 Å². The van der Waals surface area contributed by atoms with Crippen LogP contribution in [0, 0.1) is 0 Å². The molecule has 3 rings (SSSR count). The number of nitrogens with one attached hydrogen (secondary N) is 1. The standard InChI is InChI=1S/C15H23N5O11P2/c1-8(4-21)2-3-16-13-10-14(18-6-17-13)20(7-19-10)15-12(23)11(22)9(30-15)5-29-33(27,28)31-32(24,25)26/h2,6-7,9,11-12,15,21-23H,3-5H2,1H3,(H,27,28)(H,16,17,18)(H2,24,25,26)/p-3/b8-2+/t9-,11-,12-,15-/m1/s1. The maximum absolute atomic E-state index is 11.4. The zero-order valence-electron chi connectivity index (χ0n) is 17.0. The number of anilines is 1. The maximum atomic E-state index is 11.4. The number of aliphatic hydroxyl groups is 3. The van der Waals surface area contributed by atoms with Crippen LogP contribution in [0.2, 0.25) is 0 Å². The third kappa shape index (κ3) is 6.41. The Labute approximate surface area is 186 Å². The van der Waals surface area contributed by atoms with Crippen LogP contribution in [-0.2, 0) is 22.7 Å². The number of aliphatic hydroxyl groups excluding tert-OH is 3. The summed E-state index contributed by atoms with van der Waals surface area (Å²) < 4.78 is 36.2. The molecule has 0 spiro atoms. The van der Waals surface area contributed by atoms with Crippen LogP contribution in [0.5, 0.6) is 0 Å². The van der Waals surface area contributed by atoms with Gasteiger partial charge in [0.1, 0.15) is 24.6 Å². The molecular formula is C15H20N5O11P2-3. The van der Waals surface area contributed by atoms with Gasteiger partial charge in [-0.05, 0) is 6.92 Å². The molecule has 184 valence electrons. The van der Waals surface area contributed by atoms with Crippen molar-refractivity contribution < 1.29 is 52.7 Å². The molecule has 0 aliphatic carbocycles. The molecule has 0 amide bonds. The Morgan fingerprint density at radius 2 is 2.00 bits per heavy atom. The largest absolute Gasteiger partial charge is 0.790 e. The van der Waals surface area contributed by atoms with Crippen molar-refractivity contribution in [1.82, 2.24) is 19.5 Å². The van der Waals surface area contributed by atoms with E-state index in [9.17, 15) is 34.0 Å². The highest BCUT2D eigenvalue weighted by Gasteiger charge is 2.45. The summed E-state index contributed by atoms with van der Waals surface area (Å²) in [4.78, 5) is 44.7. The van der Waals surface area contributed by atoms with Crippen molar-refractivity contribution in [2.45, 2.75) is 31.5 Å². The molecule has 1 unspecified atom stereocenters. The van der Waals surface area contributed by atoms with Crippen LogP contribution >= 0.6 is 15.6 Å². The summed E-state index contributed by atoms with van der Waals surface area (Å²) in [5, 5.41) is 32.6. The average molecular weight is 508 g/mol. The van der Waals surface area contributed by atoms with Crippen molar-refractivity contribution in [3.05, 3.63) is 24.3 Å². The number of phosphoric ester groups is 1. The minimum atomic E-state index is -5.88. The maximum Gasteiger partial charge on any atom is 0.271 e. The fraction of sp³-hybridized carbons (Fsp3) is 0.533. The van der Waals surface area contributed by atoms with E-state index in [-0.39, 0.29) is 12.3 Å². The van der Waals surface area contributed by atoms with E-state index < -0.39 is 46.8 Å². The van der Waals surface area contributed by atoms with Gasteiger partial charge in [-0.2, -0.15) is 0 Å². The van der Waals surface area contributed by atoms with E-state index in [2.05, 4.69) is 29.1 Å². The second-order valence-electron chi connectivity index (χ2n) is 6.95. The average Bonchev–Trinajstić information content (AvgIpc) is 3.27. The predicted molar refractivity (Wildman–Crippen MR) is 103 cm³/mol. The topological polar surface area (TPSA) is 247 Å². The molecular weight excluding hydrogens is 488 g/mol. The van der Waals surface area contributed by atoms with Crippen LogP contribution in [-0.4, -0.2) is 72.9 Å². The minimum absolute atomic E-state index is 0.0966. The van der Waals surface area contributed by atoms with Crippen LogP contribution in [0.4, 0.5) is 5.82 Å². The van der Waals surface area contributed by atoms with E-state index in [0.29, 0.717) is 17.9 Å². The lowest BCUT2D eigenvalue weighted by atomic mass is 10.1. The van der Waals surface area contributed by atoms with E-state index in [4.69, 9.17) is 9.84 Å². The molecule has 4 N–H and O–H groups in total. The van der Waals surface area contributed by atoms with Gasteiger partial charge < -0.3 is 49.1 Å². The number of hydrogen-bond donors (Lipinski definition) is 4. The summed E-state index contributed by atoms with van der Waals surface area (Å²) in [6, 6.07) is 0. The van der Waals surface area contributed by atoms with Gasteiger partial charge in [0.15, 0.2) is 23.2 Å². The molecule has 1 aliphatic heterocycles. The fourth-order valence-electron chi connectivity index (χ4n) is 2.96. The molecule has 2 aromatic heterocycles. The number of rotatable bonds is 10. The zero-order valence-corrected chi connectivity index (χ0v) is 18.7. The Morgan fingerprint density at radius 1 is 1.27 bits per heavy atom. The minimum Gasteiger partial charge on any atom is -0.790 e. The SMILES string of the molecule is C/C(=C\CNc1ncnc2c1ncn2[C@@H]1O[C@H](COP(=O)([O-])OP(=O)([O-])[O-])[C@@H](O)[C@H]1O)CO. The molecule has 0 bridgehead atoms. The molecule has 1 fully saturated rings. The molecule has 33 heavy (non-hydrogen) atoms. The van der Waals surface area contributed by atoms with Gasteiger partial charge in [-0.25, -0.2) is 15.0 Å². The first-order chi connectivity index (χ1) is 15.4. The van der Waals surface area contributed by atoms with Crippen LogP contribution in [0.25, 0.3) is 11.2 Å². The van der Waals surface area contributed by atoms with Crippen LogP contribution < -0.4 is 20.0 Å². The van der Waals surface area contributed by atoms with Crippen molar-refractivity contribution >= 4 is 32.6 Å². The normalized spacial score (nSPS) is 26.0. The van der Waals surface area contributed by atoms with E-state index in [1.807, 2.05) is 0 Å². The Hall–Kier alpha value is -1.81. The van der Waals surface area contributed by atoms with Crippen molar-refractivity contribution in [1.29, 1.82) is 0 Å². The number of hydrogen-bond acceptors (Lipinski definition) is 15. The number of ether oxygens (including phenoxy) is 1. The van der Waals surface area contributed by atoms with Gasteiger partial charge >= 0.3 is 0 Å². The Bertz CT molecular complexity index is 1110. The van der Waals surface area contributed by atoms with E-state index in [1.54, 1.807) is 13.0 Å². The summed E-state index contributed by atoms with van der Waals surface area (Å²) in [7, 11) is -11.4. The summed E-state index contributed by atoms with van der Waals surface area (Å²) >= 11 is 0. The van der Waals surface area contributed by atoms with Gasteiger partial charge in [-0.1, -0.05) is 11.6 Å². The highest BCUT2D eigenvalue weighted by atomic mass is 31.3. The molecule has 1 aliphatic rings. The van der Waals surface area contributed by atoms with Crippen LogP contribution in [0.3, 0.4) is 0 Å². The fourth-order valence-corrected chi connectivity index (χ4v) is 4.46. The highest BCUT2D eigenvalue weighted by Crippen LogP contribution is 2.50. The number of nitrogens with zero attached hydrogens (tertiary/aromatic N) is 4. The second-order valence-corrected chi connectivity index (χ2v) is 9.65. The third-order valence-electron chi connectivity index (χ3n) is 4.54. The lowest BCUT2D eigenvalue weighted by molar-refractivity contribution is -0.339. The van der Waals surface area contributed by atoms with Crippen molar-refractivity contribution in [3.63, 3.8) is 0 Å². The van der Waals surface area contributed by atoms with Crippen molar-refractivity contribution in [2.75, 3.05) is 25.1 Å². The summed E-state index contributed by atoms with van der Waals surface area (Å²) in [6.45, 7) is 1.04. The number of fused-ring (bicyclic) bond motifs is 1. The lowest BCUT2D eigenvalue weighted by Gasteiger charge is -2.35. The van der Waals surface area contributed by atoms with Gasteiger partial charge in [0.25, 0.3) is 7.82 Å². The van der Waals surface area contributed by atoms with Crippen molar-refractivity contribution in [3.8, 4) is 0 Å². The van der Waals surface area contributed by atoms with E-state index in [1.165, 1.54) is 17.2 Å². The first-order valence-corrected chi connectivity index (χ1v) is 12.2. The smallest absolute Gasteiger partial charge is 0.271 e. The van der Waals surface area contributed by atoms with Crippen LogP contribution in [0.15, 0.2) is 24.3 Å². The van der Waals surface area contributed by atoms with Gasteiger partial charge in [-0.15, -0.1) is 0 Å². The van der Waals surface area contributed by atoms with Crippen molar-refractivity contribution in [2.24, 2.45) is 0 Å². The number of phosphoric acid groups is 2. The van der Waals surface area contributed by atoms with Gasteiger partial charge in [0, 0.05) is 6.54 Å². The molecule has 2 aromatic rings. The highest BCUT2D eigenvalue weighted by molar-refractivity contribution is 7.58. The molecule has 1 saturated heterocycles. The van der Waals surface area contributed by atoms with Gasteiger partial charge in [-0.3, -0.25) is 13.4 Å². The van der Waals surface area contributed by atoms with Gasteiger partial charge in [0.05, 0.1) is 27.4 Å². The summed E-state index contributed by atoms with van der Waals surface area (Å²) in [5.74, 6) is 0.345. The molecule has 16 nitrogen and oxygen atoms in total. The van der Waals surface area contributed by atoms with E-state index in [0.717, 1.165) is 5.57 Å². The first kappa shape index (κ1) is 25.8. The predicted octanol–water partition coefficient (Wildman–Crippen LogP) is -2.87. The first-order valence-electron chi connectivity index (χ1n) is 9.30. The molecule has 5 atom stereocenters. The molecule has 0 radical (unpaired) electrons. The number of imidazole rings is 1. The third-order valence-corrected chi connectivity index (χ3v) is 6.60. The summed E-state index contributed by atoms with van der Waals surface area (Å²) in [5.41, 5.74) is 1.26.